The number of hydrogen-bond acceptors (Lipinski definition) is 4. The van der Waals surface area contributed by atoms with E-state index in [1.807, 2.05) is 25.7 Å². The van der Waals surface area contributed by atoms with Gasteiger partial charge in [-0.2, -0.15) is 0 Å². The van der Waals surface area contributed by atoms with Crippen LogP contribution in [0.1, 0.15) is 54.4 Å². The van der Waals surface area contributed by atoms with Gasteiger partial charge in [-0.1, -0.05) is 19.9 Å². The summed E-state index contributed by atoms with van der Waals surface area (Å²) in [5, 5.41) is 11.5. The third-order valence-corrected chi connectivity index (χ3v) is 6.22. The van der Waals surface area contributed by atoms with E-state index in [-0.39, 0.29) is 35.5 Å². The molecule has 0 bridgehead atoms. The van der Waals surface area contributed by atoms with Crippen LogP contribution >= 0.6 is 0 Å². The van der Waals surface area contributed by atoms with Crippen LogP contribution in [-0.4, -0.2) is 46.7 Å². The molecule has 0 saturated heterocycles. The van der Waals surface area contributed by atoms with Gasteiger partial charge < -0.3 is 14.7 Å². The summed E-state index contributed by atoms with van der Waals surface area (Å²) < 4.78 is 5.34. The van der Waals surface area contributed by atoms with Crippen LogP contribution in [0.5, 0.6) is 0 Å². The Kier molecular flexibility index (Phi) is 6.54. The van der Waals surface area contributed by atoms with Crippen molar-refractivity contribution < 1.29 is 19.4 Å². The molecule has 0 aromatic carbocycles. The Morgan fingerprint density at radius 1 is 1.42 bits per heavy atom. The number of nitrogens with zero attached hydrogens (tertiary/aromatic N) is 1. The van der Waals surface area contributed by atoms with Gasteiger partial charge in [0.25, 0.3) is 0 Å². The van der Waals surface area contributed by atoms with Crippen molar-refractivity contribution in [1.29, 1.82) is 0 Å². The predicted molar refractivity (Wildman–Crippen MR) is 100.0 cm³/mol. The van der Waals surface area contributed by atoms with Crippen molar-refractivity contribution in [2.24, 2.45) is 23.7 Å². The van der Waals surface area contributed by atoms with E-state index in [9.17, 15) is 14.7 Å². The van der Waals surface area contributed by atoms with Crippen molar-refractivity contribution in [1.82, 2.24) is 4.90 Å². The van der Waals surface area contributed by atoms with Crippen molar-refractivity contribution in [2.45, 2.75) is 66.1 Å². The van der Waals surface area contributed by atoms with E-state index >= 15 is 0 Å². The lowest BCUT2D eigenvalue weighted by Gasteiger charge is -2.52. The average molecular weight is 363 g/mol. The molecule has 0 aliphatic heterocycles. The van der Waals surface area contributed by atoms with Crippen LogP contribution in [0.25, 0.3) is 0 Å². The zero-order chi connectivity index (χ0) is 19.6. The maximum atomic E-state index is 11.8. The van der Waals surface area contributed by atoms with E-state index < -0.39 is 11.7 Å². The van der Waals surface area contributed by atoms with Crippen molar-refractivity contribution >= 4 is 11.9 Å². The summed E-state index contributed by atoms with van der Waals surface area (Å²) in [4.78, 5) is 25.0. The zero-order valence-corrected chi connectivity index (χ0v) is 16.9. The highest BCUT2D eigenvalue weighted by Crippen LogP contribution is 2.50. The first-order valence-corrected chi connectivity index (χ1v) is 9.71. The lowest BCUT2D eigenvalue weighted by atomic mass is 9.57. The van der Waals surface area contributed by atoms with Gasteiger partial charge in [0.1, 0.15) is 6.10 Å². The minimum absolute atomic E-state index is 0.0495. The van der Waals surface area contributed by atoms with Crippen LogP contribution in [0.4, 0.5) is 0 Å². The van der Waals surface area contributed by atoms with E-state index in [1.165, 1.54) is 6.92 Å². The van der Waals surface area contributed by atoms with Gasteiger partial charge in [0.2, 0.25) is 5.91 Å². The monoisotopic (exact) mass is 363 g/mol. The Hall–Kier alpha value is -1.36. The summed E-state index contributed by atoms with van der Waals surface area (Å²) >= 11 is 0. The molecule has 0 spiro atoms. The molecule has 1 N–H and O–H groups in total. The largest absolute Gasteiger partial charge is 0.457 e. The number of ether oxygens (including phenoxy) is 1. The Bertz CT molecular complexity index is 572. The fraction of sp³-hybridized carbons (Fsp3) is 0.762. The molecule has 5 heteroatoms. The summed E-state index contributed by atoms with van der Waals surface area (Å²) in [6.07, 6.45) is 6.59. The van der Waals surface area contributed by atoms with Crippen LogP contribution in [0.2, 0.25) is 0 Å². The number of aliphatic hydroxyl groups is 1. The third kappa shape index (κ3) is 4.13. The predicted octanol–water partition coefficient (Wildman–Crippen LogP) is 2.86. The SMILES string of the molecule is CCN(C[C@@H](C)[C@@H]1CC[C@@H](C)[C@]2(O)[C][C@@H](OC(C)=O)C(C)=C[C@H]12)C(C)=O. The van der Waals surface area contributed by atoms with Gasteiger partial charge in [-0.05, 0) is 50.0 Å². The van der Waals surface area contributed by atoms with Crippen LogP contribution < -0.4 is 0 Å². The minimum atomic E-state index is -1.11. The second kappa shape index (κ2) is 8.12. The fourth-order valence-electron chi connectivity index (χ4n) is 4.57. The van der Waals surface area contributed by atoms with E-state index in [1.54, 1.807) is 6.92 Å². The molecule has 2 radical (unpaired) electrons. The quantitative estimate of drug-likeness (QED) is 0.602. The molecular weight excluding hydrogens is 330 g/mol. The second-order valence-electron chi connectivity index (χ2n) is 8.07. The summed E-state index contributed by atoms with van der Waals surface area (Å²) in [5.74, 6) is 0.212. The highest BCUT2D eigenvalue weighted by molar-refractivity contribution is 5.73. The standard InChI is InChI=1S/C21H33NO4/c1-7-22(16(5)23)12-14(3)18-9-8-15(4)21(25)11-20(26-17(6)24)13(2)10-19(18)21/h10,14-15,18-20,25H,7-9,12H2,1-6H3/t14-,15-,18+,19-,20-,21-/m1/s1. The van der Waals surface area contributed by atoms with Gasteiger partial charge in [-0.3, -0.25) is 9.59 Å². The van der Waals surface area contributed by atoms with Gasteiger partial charge >= 0.3 is 5.97 Å². The molecule has 0 aromatic rings. The highest BCUT2D eigenvalue weighted by atomic mass is 16.5. The molecule has 1 amide bonds. The van der Waals surface area contributed by atoms with Gasteiger partial charge in [0.15, 0.2) is 0 Å². The topological polar surface area (TPSA) is 66.8 Å². The smallest absolute Gasteiger partial charge is 0.303 e. The first-order chi connectivity index (χ1) is 12.1. The molecule has 1 fully saturated rings. The molecule has 6 atom stereocenters. The van der Waals surface area contributed by atoms with Crippen molar-refractivity contribution in [3.8, 4) is 0 Å². The normalized spacial score (nSPS) is 35.1. The Balaban J connectivity index is 2.26. The first-order valence-electron chi connectivity index (χ1n) is 9.71. The number of amides is 1. The van der Waals surface area contributed by atoms with E-state index in [0.717, 1.165) is 18.4 Å². The Morgan fingerprint density at radius 3 is 2.62 bits per heavy atom. The fourth-order valence-corrected chi connectivity index (χ4v) is 4.57. The summed E-state index contributed by atoms with van der Waals surface area (Å²) in [6.45, 7) is 12.5. The maximum Gasteiger partial charge on any atom is 0.303 e. The van der Waals surface area contributed by atoms with Gasteiger partial charge in [0, 0.05) is 32.9 Å². The minimum Gasteiger partial charge on any atom is -0.457 e. The lowest BCUT2D eigenvalue weighted by molar-refractivity contribution is -0.148. The lowest BCUT2D eigenvalue weighted by Crippen LogP contribution is -2.56. The van der Waals surface area contributed by atoms with Gasteiger partial charge in [-0.25, -0.2) is 0 Å². The van der Waals surface area contributed by atoms with Crippen LogP contribution in [0.15, 0.2) is 11.6 Å². The van der Waals surface area contributed by atoms with E-state index in [4.69, 9.17) is 4.74 Å². The number of esters is 1. The molecule has 0 heterocycles. The number of carbonyl (C=O) groups is 2. The van der Waals surface area contributed by atoms with Crippen molar-refractivity contribution in [3.05, 3.63) is 18.1 Å². The zero-order valence-electron chi connectivity index (χ0n) is 16.9. The number of fused-ring (bicyclic) bond motifs is 1. The van der Waals surface area contributed by atoms with Gasteiger partial charge in [-0.15, -0.1) is 0 Å². The molecule has 26 heavy (non-hydrogen) atoms. The number of rotatable bonds is 5. The molecule has 2 aliphatic rings. The molecule has 5 nitrogen and oxygen atoms in total. The maximum absolute atomic E-state index is 11.8. The molecule has 146 valence electrons. The molecular formula is C21H33NO4. The summed E-state index contributed by atoms with van der Waals surface area (Å²) in [5.41, 5.74) is -0.190. The summed E-state index contributed by atoms with van der Waals surface area (Å²) in [6, 6.07) is 0. The highest BCUT2D eigenvalue weighted by Gasteiger charge is 2.53. The Morgan fingerprint density at radius 2 is 2.08 bits per heavy atom. The molecule has 0 unspecified atom stereocenters. The van der Waals surface area contributed by atoms with Crippen LogP contribution in [0.3, 0.4) is 0 Å². The van der Waals surface area contributed by atoms with Crippen LogP contribution in [-0.2, 0) is 14.3 Å². The van der Waals surface area contributed by atoms with Gasteiger partial charge in [0.05, 0.1) is 12.0 Å². The molecule has 2 aliphatic carbocycles. The average Bonchev–Trinajstić information content (AvgIpc) is 2.54. The first kappa shape index (κ1) is 20.9. The summed E-state index contributed by atoms with van der Waals surface area (Å²) in [7, 11) is 0. The van der Waals surface area contributed by atoms with Crippen molar-refractivity contribution in [2.75, 3.05) is 13.1 Å². The second-order valence-corrected chi connectivity index (χ2v) is 8.07. The Labute approximate surface area is 157 Å². The molecule has 0 aromatic heterocycles. The number of hydrogen-bond donors (Lipinski definition) is 1. The van der Waals surface area contributed by atoms with Crippen molar-refractivity contribution in [3.63, 3.8) is 0 Å². The third-order valence-electron chi connectivity index (χ3n) is 6.22. The van der Waals surface area contributed by atoms with E-state index in [2.05, 4.69) is 19.4 Å². The molecule has 2 rings (SSSR count). The number of carbonyl (C=O) groups excluding carboxylic acids is 2. The molecule has 1 saturated carbocycles. The van der Waals surface area contributed by atoms with E-state index in [0.29, 0.717) is 13.1 Å². The van der Waals surface area contributed by atoms with Crippen LogP contribution in [0, 0.1) is 30.1 Å².